The SMILES string of the molecule is O=C(O)Cc1ccccc1NC(=O)c1ccc(Cl)c(Br)c1. The van der Waals surface area contributed by atoms with E-state index in [-0.39, 0.29) is 12.3 Å². The van der Waals surface area contributed by atoms with Gasteiger partial charge in [-0.25, -0.2) is 0 Å². The lowest BCUT2D eigenvalue weighted by Gasteiger charge is -2.10. The molecule has 2 aromatic rings. The number of carboxylic acid groups (broad SMARTS) is 1. The van der Waals surface area contributed by atoms with E-state index < -0.39 is 5.97 Å². The summed E-state index contributed by atoms with van der Waals surface area (Å²) < 4.78 is 0.621. The second-order valence-electron chi connectivity index (χ2n) is 4.31. The van der Waals surface area contributed by atoms with Crippen LogP contribution in [-0.4, -0.2) is 17.0 Å². The highest BCUT2D eigenvalue weighted by Gasteiger charge is 2.12. The number of nitrogens with one attached hydrogen (secondary N) is 1. The molecule has 6 heteroatoms. The first kappa shape index (κ1) is 15.5. The monoisotopic (exact) mass is 367 g/mol. The largest absolute Gasteiger partial charge is 0.481 e. The molecule has 4 nitrogen and oxygen atoms in total. The Morgan fingerprint density at radius 1 is 1.19 bits per heavy atom. The molecule has 0 bridgehead atoms. The number of para-hydroxylation sites is 1. The summed E-state index contributed by atoms with van der Waals surface area (Å²) in [6.07, 6.45) is -0.152. The number of carbonyl (C=O) groups is 2. The number of rotatable bonds is 4. The van der Waals surface area contributed by atoms with Crippen LogP contribution in [0.15, 0.2) is 46.9 Å². The summed E-state index contributed by atoms with van der Waals surface area (Å²) in [5.41, 5.74) is 1.46. The van der Waals surface area contributed by atoms with Crippen LogP contribution in [0, 0.1) is 0 Å². The lowest BCUT2D eigenvalue weighted by molar-refractivity contribution is -0.136. The zero-order chi connectivity index (χ0) is 15.4. The minimum atomic E-state index is -0.953. The van der Waals surface area contributed by atoms with Gasteiger partial charge in [0.15, 0.2) is 0 Å². The molecule has 2 aromatic carbocycles. The molecule has 0 aliphatic carbocycles. The van der Waals surface area contributed by atoms with Crippen molar-refractivity contribution in [3.8, 4) is 0 Å². The first-order valence-corrected chi connectivity index (χ1v) is 7.20. The van der Waals surface area contributed by atoms with Crippen molar-refractivity contribution < 1.29 is 14.7 Å². The Labute approximate surface area is 134 Å². The number of amides is 1. The predicted octanol–water partition coefficient (Wildman–Crippen LogP) is 3.98. The van der Waals surface area contributed by atoms with Crippen molar-refractivity contribution in [3.63, 3.8) is 0 Å². The summed E-state index contributed by atoms with van der Waals surface area (Å²) >= 11 is 9.14. The molecule has 108 valence electrons. The summed E-state index contributed by atoms with van der Waals surface area (Å²) in [6, 6.07) is 11.6. The van der Waals surface area contributed by atoms with E-state index in [9.17, 15) is 9.59 Å². The minimum Gasteiger partial charge on any atom is -0.481 e. The van der Waals surface area contributed by atoms with Crippen LogP contribution in [-0.2, 0) is 11.2 Å². The molecular formula is C15H11BrClNO3. The highest BCUT2D eigenvalue weighted by molar-refractivity contribution is 9.10. The quantitative estimate of drug-likeness (QED) is 0.858. The molecule has 0 unspecified atom stereocenters. The van der Waals surface area contributed by atoms with Gasteiger partial charge >= 0.3 is 5.97 Å². The molecular weight excluding hydrogens is 358 g/mol. The lowest BCUT2D eigenvalue weighted by Crippen LogP contribution is -2.14. The van der Waals surface area contributed by atoms with Gasteiger partial charge in [-0.3, -0.25) is 9.59 Å². The molecule has 2 rings (SSSR count). The molecule has 21 heavy (non-hydrogen) atoms. The van der Waals surface area contributed by atoms with E-state index >= 15 is 0 Å². The van der Waals surface area contributed by atoms with E-state index in [4.69, 9.17) is 16.7 Å². The van der Waals surface area contributed by atoms with Crippen molar-refractivity contribution in [1.82, 2.24) is 0 Å². The van der Waals surface area contributed by atoms with Gasteiger partial charge in [-0.1, -0.05) is 29.8 Å². The van der Waals surface area contributed by atoms with E-state index in [1.165, 1.54) is 0 Å². The number of hydrogen-bond acceptors (Lipinski definition) is 2. The van der Waals surface area contributed by atoms with Gasteiger partial charge in [0, 0.05) is 15.7 Å². The van der Waals surface area contributed by atoms with E-state index in [0.717, 1.165) is 0 Å². The zero-order valence-electron chi connectivity index (χ0n) is 10.8. The van der Waals surface area contributed by atoms with Crippen molar-refractivity contribution in [2.75, 3.05) is 5.32 Å². The van der Waals surface area contributed by atoms with Gasteiger partial charge in [-0.2, -0.15) is 0 Å². The van der Waals surface area contributed by atoms with Crippen molar-refractivity contribution in [2.24, 2.45) is 0 Å². The third kappa shape index (κ3) is 4.06. The molecule has 1 amide bonds. The van der Waals surface area contributed by atoms with E-state index in [2.05, 4.69) is 21.2 Å². The van der Waals surface area contributed by atoms with E-state index in [0.29, 0.717) is 26.3 Å². The number of halogens is 2. The molecule has 2 N–H and O–H groups in total. The van der Waals surface area contributed by atoms with Crippen LogP contribution < -0.4 is 5.32 Å². The number of carbonyl (C=O) groups excluding carboxylic acids is 1. The van der Waals surface area contributed by atoms with Crippen LogP contribution in [0.4, 0.5) is 5.69 Å². The summed E-state index contributed by atoms with van der Waals surface area (Å²) in [4.78, 5) is 23.0. The van der Waals surface area contributed by atoms with E-state index in [1.807, 2.05) is 0 Å². The Kier molecular flexibility index (Phi) is 4.98. The maximum Gasteiger partial charge on any atom is 0.307 e. The number of hydrogen-bond donors (Lipinski definition) is 2. The Morgan fingerprint density at radius 2 is 1.90 bits per heavy atom. The summed E-state index contributed by atoms with van der Waals surface area (Å²) in [6.45, 7) is 0. The first-order chi connectivity index (χ1) is 9.97. The zero-order valence-corrected chi connectivity index (χ0v) is 13.1. The molecule has 0 spiro atoms. The fourth-order valence-corrected chi connectivity index (χ4v) is 2.29. The minimum absolute atomic E-state index is 0.152. The van der Waals surface area contributed by atoms with Crippen LogP contribution in [0.25, 0.3) is 0 Å². The smallest absolute Gasteiger partial charge is 0.307 e. The van der Waals surface area contributed by atoms with Crippen molar-refractivity contribution in [1.29, 1.82) is 0 Å². The fourth-order valence-electron chi connectivity index (χ4n) is 1.79. The predicted molar refractivity (Wildman–Crippen MR) is 84.9 cm³/mol. The lowest BCUT2D eigenvalue weighted by atomic mass is 10.1. The van der Waals surface area contributed by atoms with Gasteiger partial charge in [0.2, 0.25) is 0 Å². The molecule has 0 heterocycles. The molecule has 0 fully saturated rings. The summed E-state index contributed by atoms with van der Waals surface area (Å²) in [5, 5.41) is 12.1. The second kappa shape index (κ2) is 6.74. The van der Waals surface area contributed by atoms with E-state index in [1.54, 1.807) is 42.5 Å². The van der Waals surface area contributed by atoms with Crippen LogP contribution in [0.2, 0.25) is 5.02 Å². The Morgan fingerprint density at radius 3 is 2.57 bits per heavy atom. The summed E-state index contributed by atoms with van der Waals surface area (Å²) in [5.74, 6) is -1.28. The maximum absolute atomic E-state index is 12.2. The third-order valence-electron chi connectivity index (χ3n) is 2.79. The standard InChI is InChI=1S/C15H11BrClNO3/c16-11-7-10(5-6-12(11)17)15(21)18-13-4-2-1-3-9(13)8-14(19)20/h1-7H,8H2,(H,18,21)(H,19,20). The maximum atomic E-state index is 12.2. The molecule has 0 atom stereocenters. The average molecular weight is 369 g/mol. The van der Waals surface area contributed by atoms with Gasteiger partial charge in [0.1, 0.15) is 0 Å². The van der Waals surface area contributed by atoms with Crippen molar-refractivity contribution >= 4 is 45.1 Å². The summed E-state index contributed by atoms with van der Waals surface area (Å²) in [7, 11) is 0. The van der Waals surface area contributed by atoms with Crippen LogP contribution in [0.3, 0.4) is 0 Å². The highest BCUT2D eigenvalue weighted by Crippen LogP contribution is 2.24. The number of carboxylic acids is 1. The average Bonchev–Trinajstić information content (AvgIpc) is 2.43. The first-order valence-electron chi connectivity index (χ1n) is 6.03. The topological polar surface area (TPSA) is 66.4 Å². The fraction of sp³-hybridized carbons (Fsp3) is 0.0667. The molecule has 0 saturated heterocycles. The highest BCUT2D eigenvalue weighted by atomic mass is 79.9. The van der Waals surface area contributed by atoms with Crippen LogP contribution in [0.5, 0.6) is 0 Å². The van der Waals surface area contributed by atoms with Gasteiger partial charge in [-0.15, -0.1) is 0 Å². The van der Waals surface area contributed by atoms with Gasteiger partial charge in [-0.05, 0) is 45.8 Å². The number of anilines is 1. The van der Waals surface area contributed by atoms with Gasteiger partial charge in [0.25, 0.3) is 5.91 Å². The third-order valence-corrected chi connectivity index (χ3v) is 4.00. The molecule has 0 aliphatic rings. The van der Waals surface area contributed by atoms with Crippen molar-refractivity contribution in [2.45, 2.75) is 6.42 Å². The molecule has 0 aliphatic heterocycles. The molecule has 0 aromatic heterocycles. The Hall–Kier alpha value is -1.85. The second-order valence-corrected chi connectivity index (χ2v) is 5.57. The number of aliphatic carboxylic acids is 1. The van der Waals surface area contributed by atoms with Crippen LogP contribution in [0.1, 0.15) is 15.9 Å². The molecule has 0 radical (unpaired) electrons. The van der Waals surface area contributed by atoms with Gasteiger partial charge < -0.3 is 10.4 Å². The molecule has 0 saturated carbocycles. The van der Waals surface area contributed by atoms with Gasteiger partial charge in [0.05, 0.1) is 11.4 Å². The van der Waals surface area contributed by atoms with Crippen LogP contribution >= 0.6 is 27.5 Å². The number of benzene rings is 2. The Balaban J connectivity index is 2.23. The normalized spacial score (nSPS) is 10.2. The Bertz CT molecular complexity index is 703. The van der Waals surface area contributed by atoms with Crippen molar-refractivity contribution in [3.05, 3.63) is 63.1 Å².